The van der Waals surface area contributed by atoms with Crippen LogP contribution in [0.1, 0.15) is 67.2 Å². The first kappa shape index (κ1) is 25.8. The molecule has 286 valence electrons. The predicted octanol–water partition coefficient (Wildman–Crippen LogP) is 19.1. The molecule has 0 aromatic heterocycles. The molecule has 0 spiro atoms. The molecule has 0 saturated heterocycles. The van der Waals surface area contributed by atoms with Gasteiger partial charge in [-0.05, 0) is 320 Å². The Morgan fingerprint density at radius 3 is 0.706 bits per heavy atom. The molecule has 0 radical (unpaired) electrons. The van der Waals surface area contributed by atoms with Crippen LogP contribution in [0.25, 0.3) is 291 Å². The first-order chi connectivity index (χ1) is 33.9. The highest BCUT2D eigenvalue weighted by atomic mass is 14.6. The summed E-state index contributed by atoms with van der Waals surface area (Å²) in [7, 11) is 0. The van der Waals surface area contributed by atoms with Gasteiger partial charge in [0.25, 0.3) is 0 Å². The van der Waals surface area contributed by atoms with E-state index in [1.54, 1.807) is 313 Å². The van der Waals surface area contributed by atoms with E-state index in [-0.39, 0.29) is 5.92 Å². The van der Waals surface area contributed by atoms with Gasteiger partial charge in [-0.15, -0.1) is 5.92 Å². The lowest BCUT2D eigenvalue weighted by molar-refractivity contribution is 0.608. The molecule has 4 aliphatic carbocycles. The second-order valence-electron chi connectivity index (χ2n) is 25.2. The van der Waals surface area contributed by atoms with Gasteiger partial charge in [0.1, 0.15) is 0 Å². The Bertz CT molecular complexity index is 6880. The molecule has 4 aliphatic rings. The highest BCUT2D eigenvalue weighted by Crippen LogP contribution is 2.83. The van der Waals surface area contributed by atoms with Gasteiger partial charge in [0.2, 0.25) is 0 Å². The summed E-state index contributed by atoms with van der Waals surface area (Å²) in [6.07, 6.45) is 6.07. The van der Waals surface area contributed by atoms with E-state index in [2.05, 4.69) is 18.8 Å². The first-order valence-electron chi connectivity index (χ1n) is 26.2. The summed E-state index contributed by atoms with van der Waals surface area (Å²) >= 11 is 0. The maximum atomic E-state index is 4.62. The quantitative estimate of drug-likeness (QED) is 0.0942. The molecule has 0 fully saturated rings. The normalized spacial score (nSPS) is 20.8. The van der Waals surface area contributed by atoms with Crippen LogP contribution in [0.4, 0.5) is 0 Å². The Hall–Kier alpha value is -7.98. The molecule has 0 unspecified atom stereocenters. The van der Waals surface area contributed by atoms with Crippen molar-refractivity contribution in [2.75, 3.05) is 0 Å². The van der Waals surface area contributed by atoms with Crippen LogP contribution in [0.3, 0.4) is 0 Å². The summed E-state index contributed by atoms with van der Waals surface area (Å²) < 4.78 is 0. The molecule has 0 atom stereocenters. The van der Waals surface area contributed by atoms with Crippen molar-refractivity contribution in [3.8, 4) is 11.8 Å². The minimum atomic E-state index is -0.407. The predicted molar refractivity (Wildman–Crippen MR) is 291 cm³/mol. The van der Waals surface area contributed by atoms with E-state index in [4.69, 9.17) is 0 Å². The molecule has 68 heavy (non-hydrogen) atoms. The zero-order valence-corrected chi connectivity index (χ0v) is 35.6. The zero-order valence-electron chi connectivity index (χ0n) is 35.6. The fourth-order valence-electron chi connectivity index (χ4n) is 24.2. The fraction of sp³-hybridized carbons (Fsp3) is 0.118. The van der Waals surface area contributed by atoms with Gasteiger partial charge >= 0.3 is 0 Å². The Morgan fingerprint density at radius 1 is 0.250 bits per heavy atom. The van der Waals surface area contributed by atoms with Gasteiger partial charge in [-0.25, -0.2) is 0 Å². The molecule has 0 heteroatoms. The van der Waals surface area contributed by atoms with Crippen LogP contribution in [0.2, 0.25) is 0 Å². The van der Waals surface area contributed by atoms with Gasteiger partial charge in [0.15, 0.2) is 0 Å². The lowest BCUT2D eigenvalue weighted by Gasteiger charge is -2.42. The zero-order chi connectivity index (χ0) is 40.5. The minimum Gasteiger partial charge on any atom is -0.102 e. The van der Waals surface area contributed by atoms with Crippen molar-refractivity contribution < 1.29 is 0 Å². The standard InChI is InChI=1S/C68H14/c1-2-3-4-5-6-7-8-68-65-61-55-41-33-25-13-10-9-11-14(13)26-28-24-18(11)20-16-12(9)15-19-17(10)23-27(25)39(41)47-45-31(23)29(19)37-35-21(15)22(16)36-38-30(20)32(24)46-48-40(28)42(34(26)33)56(55)62(65)58(48)60-52(46)50(38)54-44(36)43(35)53-49(37)51(45)59(57(47)61)66(68)63(53)64(54)67(60)68/h65H,2-6H2,1H3. The van der Waals surface area contributed by atoms with Crippen LogP contribution in [-0.4, -0.2) is 0 Å². The smallest absolute Gasteiger partial charge is 0.0946 e. The summed E-state index contributed by atoms with van der Waals surface area (Å²) in [6.45, 7) is 2.35. The van der Waals surface area contributed by atoms with Crippen LogP contribution >= 0.6 is 0 Å². The third kappa shape index (κ3) is 1.40. The van der Waals surface area contributed by atoms with E-state index in [0.29, 0.717) is 0 Å². The topological polar surface area (TPSA) is 0 Å². The highest BCUT2D eigenvalue weighted by Gasteiger charge is 2.62. The van der Waals surface area contributed by atoms with Gasteiger partial charge in [-0.1, -0.05) is 32.1 Å². The largest absolute Gasteiger partial charge is 0.102 e. The molecule has 0 heterocycles. The highest BCUT2D eigenvalue weighted by molar-refractivity contribution is 6.82. The van der Waals surface area contributed by atoms with E-state index >= 15 is 0 Å². The Balaban J connectivity index is 1.17. The Labute approximate surface area is 373 Å². The summed E-state index contributed by atoms with van der Waals surface area (Å²) in [5.41, 5.74) is 6.40. The second kappa shape index (κ2) is 6.00. The van der Waals surface area contributed by atoms with Crippen molar-refractivity contribution >= 4 is 291 Å². The number of hydrogen-bond donors (Lipinski definition) is 0. The summed E-state index contributed by atoms with van der Waals surface area (Å²) in [6, 6.07) is 0. The van der Waals surface area contributed by atoms with Crippen LogP contribution in [0, 0.1) is 11.8 Å². The average Bonchev–Trinajstić information content (AvgIpc) is 4.28. The third-order valence-electron chi connectivity index (χ3n) is 24.6. The lowest BCUT2D eigenvalue weighted by Crippen LogP contribution is -2.36. The van der Waals surface area contributed by atoms with Gasteiger partial charge in [-0.3, -0.25) is 0 Å². The van der Waals surface area contributed by atoms with E-state index in [0.717, 1.165) is 6.42 Å². The first-order valence-corrected chi connectivity index (χ1v) is 26.2. The molecular weight excluding hydrogens is 817 g/mol. The van der Waals surface area contributed by atoms with Crippen molar-refractivity contribution in [3.05, 3.63) is 22.3 Å². The van der Waals surface area contributed by atoms with E-state index < -0.39 is 5.41 Å². The van der Waals surface area contributed by atoms with E-state index in [1.807, 2.05) is 0 Å². The third-order valence-corrected chi connectivity index (χ3v) is 24.6. The lowest BCUT2D eigenvalue weighted by atomic mass is 9.58. The van der Waals surface area contributed by atoms with Crippen LogP contribution in [0.5, 0.6) is 0 Å². The Morgan fingerprint density at radius 2 is 0.456 bits per heavy atom. The molecule has 32 rings (SSSR count). The molecule has 28 aromatic carbocycles. The summed E-state index contributed by atoms with van der Waals surface area (Å²) in [5.74, 6) is 9.04. The van der Waals surface area contributed by atoms with Crippen LogP contribution in [-0.2, 0) is 5.41 Å². The van der Waals surface area contributed by atoms with Crippen molar-refractivity contribution in [3.63, 3.8) is 0 Å². The molecule has 0 nitrogen and oxygen atoms in total. The van der Waals surface area contributed by atoms with Crippen molar-refractivity contribution in [1.82, 2.24) is 0 Å². The summed E-state index contributed by atoms with van der Waals surface area (Å²) in [4.78, 5) is 0. The maximum Gasteiger partial charge on any atom is 0.0946 e. The number of unbranched alkanes of at least 4 members (excludes halogenated alkanes) is 4. The molecular formula is C68H14. The molecule has 28 aromatic rings. The molecule has 0 bridgehead atoms. The molecule has 0 saturated carbocycles. The monoisotopic (exact) mass is 830 g/mol. The van der Waals surface area contributed by atoms with Crippen molar-refractivity contribution in [2.45, 2.75) is 50.4 Å². The fourth-order valence-corrected chi connectivity index (χ4v) is 24.2. The number of rotatable bonds is 4. The second-order valence-corrected chi connectivity index (χ2v) is 25.2. The average molecular weight is 831 g/mol. The number of benzene rings is 18. The van der Waals surface area contributed by atoms with Gasteiger partial charge in [0.05, 0.1) is 5.41 Å². The summed E-state index contributed by atoms with van der Waals surface area (Å²) in [5, 5.41) is 89.9. The van der Waals surface area contributed by atoms with Crippen LogP contribution in [0.15, 0.2) is 0 Å². The van der Waals surface area contributed by atoms with Crippen LogP contribution < -0.4 is 0 Å². The van der Waals surface area contributed by atoms with Gasteiger partial charge < -0.3 is 0 Å². The molecule has 0 N–H and O–H groups in total. The minimum absolute atomic E-state index is 0.219. The van der Waals surface area contributed by atoms with Crippen molar-refractivity contribution in [2.24, 2.45) is 0 Å². The molecule has 0 aliphatic heterocycles. The van der Waals surface area contributed by atoms with Gasteiger partial charge in [0, 0.05) is 12.3 Å². The van der Waals surface area contributed by atoms with Gasteiger partial charge in [-0.2, -0.15) is 0 Å². The molecule has 0 amide bonds. The number of hydrogen-bond acceptors (Lipinski definition) is 0. The van der Waals surface area contributed by atoms with E-state index in [1.165, 1.54) is 25.7 Å². The SMILES string of the molecule is CCCCCCC#CC12c3c4c5c6c7c8c(c9c%10c1c1c3c3c%11c4c4c5c5c7c7c%12c8c8c9c9c%10c%10c1c1c3c3c%11c%11c4c4c5c7c5c7c%12c8c8c9c9c%10c1c1c3c3c%11c4c5c4c7c8c9c1c34)C62. The Kier molecular flexibility index (Phi) is 2.28. The van der Waals surface area contributed by atoms with Crippen molar-refractivity contribution in [1.29, 1.82) is 0 Å². The van der Waals surface area contributed by atoms with E-state index in [9.17, 15) is 0 Å². The maximum absolute atomic E-state index is 4.62.